The van der Waals surface area contributed by atoms with Crippen molar-refractivity contribution in [3.63, 3.8) is 0 Å². The molecule has 0 unspecified atom stereocenters. The molecule has 100 valence electrons. The van der Waals surface area contributed by atoms with E-state index in [9.17, 15) is 0 Å². The van der Waals surface area contributed by atoms with Gasteiger partial charge in [0.15, 0.2) is 5.65 Å². The number of benzene rings is 1. The summed E-state index contributed by atoms with van der Waals surface area (Å²) in [5.74, 6) is 6.98. The van der Waals surface area contributed by atoms with Gasteiger partial charge < -0.3 is 10.2 Å². The molecule has 0 aliphatic carbocycles. The summed E-state index contributed by atoms with van der Waals surface area (Å²) in [5, 5.41) is 0.970. The summed E-state index contributed by atoms with van der Waals surface area (Å²) in [6.45, 7) is 0. The maximum atomic E-state index is 5.57. The molecule has 3 aromatic rings. The maximum Gasteiger partial charge on any atom is 0.161 e. The van der Waals surface area contributed by atoms with Gasteiger partial charge in [-0.1, -0.05) is 12.1 Å². The summed E-state index contributed by atoms with van der Waals surface area (Å²) in [6, 6.07) is 13.6. The Morgan fingerprint density at radius 1 is 1.15 bits per heavy atom. The van der Waals surface area contributed by atoms with E-state index in [0.717, 1.165) is 22.3 Å². The van der Waals surface area contributed by atoms with Crippen molar-refractivity contribution in [2.75, 3.05) is 12.5 Å². The van der Waals surface area contributed by atoms with Gasteiger partial charge in [0, 0.05) is 17.1 Å². The van der Waals surface area contributed by atoms with E-state index < -0.39 is 0 Å². The van der Waals surface area contributed by atoms with Crippen LogP contribution in [-0.4, -0.2) is 17.1 Å². The van der Waals surface area contributed by atoms with Crippen molar-refractivity contribution in [2.24, 2.45) is 5.84 Å². The molecule has 0 radical (unpaired) electrons. The van der Waals surface area contributed by atoms with Gasteiger partial charge in [-0.25, -0.2) is 15.8 Å². The number of rotatable bonds is 3. The van der Waals surface area contributed by atoms with Crippen LogP contribution in [-0.2, 0) is 0 Å². The average Bonchev–Trinajstić information content (AvgIpc) is 2.53. The van der Waals surface area contributed by atoms with Crippen LogP contribution in [0.5, 0.6) is 5.75 Å². The molecule has 0 bridgehead atoms. The summed E-state index contributed by atoms with van der Waals surface area (Å²) in [7, 11) is 1.64. The Hall–Kier alpha value is -2.66. The SMILES string of the molecule is COc1ccc(-c2cc3cccnc3nc2NN)cc1. The van der Waals surface area contributed by atoms with E-state index in [1.54, 1.807) is 13.3 Å². The number of ether oxygens (including phenoxy) is 1. The molecule has 0 aliphatic heterocycles. The molecule has 3 N–H and O–H groups in total. The van der Waals surface area contributed by atoms with Gasteiger partial charge in [-0.15, -0.1) is 0 Å². The Bertz CT molecular complexity index is 740. The van der Waals surface area contributed by atoms with E-state index in [0.29, 0.717) is 11.5 Å². The van der Waals surface area contributed by atoms with Crippen molar-refractivity contribution < 1.29 is 4.74 Å². The van der Waals surface area contributed by atoms with Crippen LogP contribution in [0, 0.1) is 0 Å². The first-order chi connectivity index (χ1) is 9.81. The lowest BCUT2D eigenvalue weighted by Gasteiger charge is -2.10. The molecule has 0 saturated heterocycles. The number of nitrogens with one attached hydrogen (secondary N) is 1. The lowest BCUT2D eigenvalue weighted by molar-refractivity contribution is 0.415. The Morgan fingerprint density at radius 3 is 2.65 bits per heavy atom. The van der Waals surface area contributed by atoms with E-state index in [1.165, 1.54) is 0 Å². The van der Waals surface area contributed by atoms with Gasteiger partial charge in [0.1, 0.15) is 11.6 Å². The van der Waals surface area contributed by atoms with E-state index in [1.807, 2.05) is 42.5 Å². The highest BCUT2D eigenvalue weighted by Gasteiger charge is 2.09. The van der Waals surface area contributed by atoms with Crippen LogP contribution in [0.25, 0.3) is 22.2 Å². The fourth-order valence-corrected chi connectivity index (χ4v) is 2.11. The second kappa shape index (κ2) is 5.14. The zero-order chi connectivity index (χ0) is 13.9. The van der Waals surface area contributed by atoms with Crippen molar-refractivity contribution in [3.8, 4) is 16.9 Å². The van der Waals surface area contributed by atoms with Crippen LogP contribution >= 0.6 is 0 Å². The molecule has 2 aromatic heterocycles. The first kappa shape index (κ1) is 12.4. The number of nitrogens with zero attached hydrogens (tertiary/aromatic N) is 2. The fraction of sp³-hybridized carbons (Fsp3) is 0.0667. The van der Waals surface area contributed by atoms with Crippen LogP contribution in [0.4, 0.5) is 5.82 Å². The van der Waals surface area contributed by atoms with Gasteiger partial charge in [0.2, 0.25) is 0 Å². The highest BCUT2D eigenvalue weighted by molar-refractivity contribution is 5.87. The molecule has 0 fully saturated rings. The predicted octanol–water partition coefficient (Wildman–Crippen LogP) is 2.59. The van der Waals surface area contributed by atoms with Gasteiger partial charge in [0.05, 0.1) is 7.11 Å². The van der Waals surface area contributed by atoms with Gasteiger partial charge in [-0.05, 0) is 35.9 Å². The molecule has 0 amide bonds. The first-order valence-electron chi connectivity index (χ1n) is 6.18. The van der Waals surface area contributed by atoms with E-state index in [4.69, 9.17) is 10.6 Å². The number of pyridine rings is 2. The lowest BCUT2D eigenvalue weighted by Crippen LogP contribution is -2.10. The summed E-state index contributed by atoms with van der Waals surface area (Å²) >= 11 is 0. The standard InChI is InChI=1S/C15H14N4O/c1-20-12-6-4-10(5-7-12)13-9-11-3-2-8-17-14(11)18-15(13)19-16/h2-9H,16H2,1H3,(H,17,18,19). The smallest absolute Gasteiger partial charge is 0.161 e. The summed E-state index contributed by atoms with van der Waals surface area (Å²) in [6.07, 6.45) is 1.71. The van der Waals surface area contributed by atoms with Crippen LogP contribution in [0.1, 0.15) is 0 Å². The topological polar surface area (TPSA) is 73.1 Å². The normalized spacial score (nSPS) is 10.5. The third-order valence-electron chi connectivity index (χ3n) is 3.13. The third-order valence-corrected chi connectivity index (χ3v) is 3.13. The number of fused-ring (bicyclic) bond motifs is 1. The van der Waals surface area contributed by atoms with Crippen molar-refractivity contribution in [2.45, 2.75) is 0 Å². The second-order valence-electron chi connectivity index (χ2n) is 4.31. The van der Waals surface area contributed by atoms with Crippen LogP contribution in [0.3, 0.4) is 0 Å². The molecule has 0 saturated carbocycles. The van der Waals surface area contributed by atoms with Crippen molar-refractivity contribution in [1.82, 2.24) is 9.97 Å². The Kier molecular flexibility index (Phi) is 3.18. The van der Waals surface area contributed by atoms with Crippen LogP contribution in [0.2, 0.25) is 0 Å². The minimum Gasteiger partial charge on any atom is -0.497 e. The Labute approximate surface area is 116 Å². The van der Waals surface area contributed by atoms with E-state index in [-0.39, 0.29) is 0 Å². The summed E-state index contributed by atoms with van der Waals surface area (Å²) in [5.41, 5.74) is 5.23. The van der Waals surface area contributed by atoms with Gasteiger partial charge in [-0.2, -0.15) is 0 Å². The zero-order valence-electron chi connectivity index (χ0n) is 11.0. The van der Waals surface area contributed by atoms with Crippen LogP contribution in [0.15, 0.2) is 48.7 Å². The monoisotopic (exact) mass is 266 g/mol. The second-order valence-corrected chi connectivity index (χ2v) is 4.31. The number of nitrogen functional groups attached to an aromatic ring is 1. The quantitative estimate of drug-likeness (QED) is 0.563. The number of anilines is 1. The number of hydrogen-bond donors (Lipinski definition) is 2. The maximum absolute atomic E-state index is 5.57. The molecular weight excluding hydrogens is 252 g/mol. The van der Waals surface area contributed by atoms with Crippen molar-refractivity contribution in [1.29, 1.82) is 0 Å². The van der Waals surface area contributed by atoms with Crippen LogP contribution < -0.4 is 16.0 Å². The number of aromatic nitrogens is 2. The number of nitrogens with two attached hydrogens (primary N) is 1. The zero-order valence-corrected chi connectivity index (χ0v) is 11.0. The molecular formula is C15H14N4O. The lowest BCUT2D eigenvalue weighted by atomic mass is 10.0. The molecule has 0 atom stereocenters. The molecule has 2 heterocycles. The molecule has 5 heteroatoms. The molecule has 1 aromatic carbocycles. The van der Waals surface area contributed by atoms with Gasteiger partial charge in [-0.3, -0.25) is 0 Å². The van der Waals surface area contributed by atoms with Gasteiger partial charge >= 0.3 is 0 Å². The van der Waals surface area contributed by atoms with Gasteiger partial charge in [0.25, 0.3) is 0 Å². The number of methoxy groups -OCH3 is 1. The first-order valence-corrected chi connectivity index (χ1v) is 6.18. The average molecular weight is 266 g/mol. The Balaban J connectivity index is 2.17. The number of hydrogen-bond acceptors (Lipinski definition) is 5. The molecule has 20 heavy (non-hydrogen) atoms. The highest BCUT2D eigenvalue weighted by atomic mass is 16.5. The predicted molar refractivity (Wildman–Crippen MR) is 79.3 cm³/mol. The van der Waals surface area contributed by atoms with Crippen molar-refractivity contribution >= 4 is 16.9 Å². The molecule has 5 nitrogen and oxygen atoms in total. The molecule has 3 rings (SSSR count). The van der Waals surface area contributed by atoms with Crippen molar-refractivity contribution in [3.05, 3.63) is 48.7 Å². The fourth-order valence-electron chi connectivity index (χ4n) is 2.11. The highest BCUT2D eigenvalue weighted by Crippen LogP contribution is 2.30. The number of hydrazine groups is 1. The summed E-state index contributed by atoms with van der Waals surface area (Å²) in [4.78, 5) is 8.66. The summed E-state index contributed by atoms with van der Waals surface area (Å²) < 4.78 is 5.17. The van der Waals surface area contributed by atoms with E-state index >= 15 is 0 Å². The molecule has 0 spiro atoms. The largest absolute Gasteiger partial charge is 0.497 e. The minimum absolute atomic E-state index is 0.598. The minimum atomic E-state index is 0.598. The Morgan fingerprint density at radius 2 is 1.95 bits per heavy atom. The van der Waals surface area contributed by atoms with E-state index in [2.05, 4.69) is 15.4 Å². The third kappa shape index (κ3) is 2.15. The molecule has 0 aliphatic rings.